The van der Waals surface area contributed by atoms with Gasteiger partial charge in [-0.1, -0.05) is 6.07 Å². The molecule has 0 fully saturated rings. The molecule has 4 rings (SSSR count). The number of hydrogen-bond acceptors (Lipinski definition) is 4. The van der Waals surface area contributed by atoms with E-state index in [1.165, 1.54) is 6.07 Å². The lowest BCUT2D eigenvalue weighted by Gasteiger charge is -2.27. The molecule has 0 saturated carbocycles. The average molecular weight is 313 g/mol. The molecule has 0 saturated heterocycles. The van der Waals surface area contributed by atoms with Gasteiger partial charge in [-0.15, -0.1) is 0 Å². The maximum atomic E-state index is 13.9. The third-order valence-electron chi connectivity index (χ3n) is 3.86. The van der Waals surface area contributed by atoms with Gasteiger partial charge in [-0.05, 0) is 24.3 Å². The topological polar surface area (TPSA) is 42.2 Å². The third-order valence-corrected chi connectivity index (χ3v) is 3.86. The number of benzene rings is 1. The molecule has 6 heteroatoms. The monoisotopic (exact) mass is 313 g/mol. The van der Waals surface area contributed by atoms with Crippen LogP contribution in [0.2, 0.25) is 0 Å². The lowest BCUT2D eigenvalue weighted by atomic mass is 10.1. The predicted molar refractivity (Wildman–Crippen MR) is 80.8 cm³/mol. The molecule has 0 aliphatic carbocycles. The number of halogens is 2. The average Bonchev–Trinajstić information content (AvgIpc) is 3.01. The molecular formula is C17H13F2N3O. The number of oxazole rings is 1. The molecule has 0 radical (unpaired) electrons. The van der Waals surface area contributed by atoms with Crippen LogP contribution in [0.1, 0.15) is 11.5 Å². The van der Waals surface area contributed by atoms with Crippen molar-refractivity contribution in [3.8, 4) is 11.6 Å². The van der Waals surface area contributed by atoms with Gasteiger partial charge in [-0.2, -0.15) is 0 Å². The van der Waals surface area contributed by atoms with Crippen molar-refractivity contribution >= 4 is 5.69 Å². The second kappa shape index (κ2) is 5.46. The Balaban J connectivity index is 1.65. The number of fused-ring (bicyclic) bond motifs is 1. The largest absolute Gasteiger partial charge is 0.439 e. The molecule has 3 heterocycles. The van der Waals surface area contributed by atoms with Crippen molar-refractivity contribution < 1.29 is 13.2 Å². The van der Waals surface area contributed by atoms with Crippen LogP contribution in [-0.2, 0) is 13.0 Å². The summed E-state index contributed by atoms with van der Waals surface area (Å²) in [5.74, 6) is 0.334. The number of nitrogens with zero attached hydrogens (tertiary/aromatic N) is 3. The van der Waals surface area contributed by atoms with Gasteiger partial charge < -0.3 is 9.32 Å². The first-order valence-corrected chi connectivity index (χ1v) is 7.31. The Bertz CT molecular complexity index is 848. The lowest BCUT2D eigenvalue weighted by molar-refractivity contribution is 0.495. The highest BCUT2D eigenvalue weighted by Gasteiger charge is 2.25. The molecule has 116 valence electrons. The van der Waals surface area contributed by atoms with E-state index in [9.17, 15) is 8.78 Å². The first-order chi connectivity index (χ1) is 11.2. The minimum absolute atomic E-state index is 0.248. The SMILES string of the molecule is Fc1ccc(F)c(N2CCc3oc(-c4ccccn4)nc3C2)c1. The molecule has 1 aliphatic rings. The van der Waals surface area contributed by atoms with E-state index in [1.54, 1.807) is 11.1 Å². The van der Waals surface area contributed by atoms with Crippen LogP contribution in [0.15, 0.2) is 47.0 Å². The van der Waals surface area contributed by atoms with Crippen LogP contribution in [0.4, 0.5) is 14.5 Å². The maximum Gasteiger partial charge on any atom is 0.245 e. The van der Waals surface area contributed by atoms with Crippen molar-refractivity contribution in [1.82, 2.24) is 9.97 Å². The third kappa shape index (κ3) is 2.56. The van der Waals surface area contributed by atoms with Gasteiger partial charge in [0.25, 0.3) is 0 Å². The van der Waals surface area contributed by atoms with E-state index in [0.717, 1.165) is 23.6 Å². The van der Waals surface area contributed by atoms with E-state index in [1.807, 2.05) is 18.2 Å². The van der Waals surface area contributed by atoms with Crippen LogP contribution in [0, 0.1) is 11.6 Å². The molecule has 4 nitrogen and oxygen atoms in total. The van der Waals surface area contributed by atoms with E-state index in [-0.39, 0.29) is 5.69 Å². The van der Waals surface area contributed by atoms with Crippen LogP contribution in [0.25, 0.3) is 11.6 Å². The van der Waals surface area contributed by atoms with E-state index >= 15 is 0 Å². The molecule has 0 atom stereocenters. The van der Waals surface area contributed by atoms with Gasteiger partial charge in [0.15, 0.2) is 0 Å². The van der Waals surface area contributed by atoms with Crippen LogP contribution >= 0.6 is 0 Å². The van der Waals surface area contributed by atoms with Gasteiger partial charge in [0.05, 0.1) is 12.2 Å². The van der Waals surface area contributed by atoms with Crippen LogP contribution in [-0.4, -0.2) is 16.5 Å². The lowest BCUT2D eigenvalue weighted by Crippen LogP contribution is -2.30. The van der Waals surface area contributed by atoms with Crippen LogP contribution in [0.3, 0.4) is 0 Å². The van der Waals surface area contributed by atoms with Gasteiger partial charge >= 0.3 is 0 Å². The quantitative estimate of drug-likeness (QED) is 0.725. The standard InChI is InChI=1S/C17H13F2N3O/c18-11-4-5-12(19)15(9-11)22-8-6-16-14(10-22)21-17(23-16)13-3-1-2-7-20-13/h1-5,7,9H,6,8,10H2. The number of aromatic nitrogens is 2. The number of rotatable bonds is 2. The van der Waals surface area contributed by atoms with Gasteiger partial charge in [0, 0.05) is 25.2 Å². The minimum Gasteiger partial charge on any atom is -0.439 e. The zero-order valence-electron chi connectivity index (χ0n) is 12.2. The number of hydrogen-bond donors (Lipinski definition) is 0. The Morgan fingerprint density at radius 2 is 2.04 bits per heavy atom. The fraction of sp³-hybridized carbons (Fsp3) is 0.176. The molecule has 0 amide bonds. The Hall–Kier alpha value is -2.76. The normalized spacial score (nSPS) is 13.9. The molecule has 0 bridgehead atoms. The zero-order valence-corrected chi connectivity index (χ0v) is 12.2. The van der Waals surface area contributed by atoms with Crippen molar-refractivity contribution in [3.63, 3.8) is 0 Å². The summed E-state index contributed by atoms with van der Waals surface area (Å²) in [5.41, 5.74) is 1.64. The summed E-state index contributed by atoms with van der Waals surface area (Å²) in [6.07, 6.45) is 2.26. The summed E-state index contributed by atoms with van der Waals surface area (Å²) in [7, 11) is 0. The summed E-state index contributed by atoms with van der Waals surface area (Å²) < 4.78 is 33.1. The second-order valence-electron chi connectivity index (χ2n) is 5.37. The molecule has 2 aromatic heterocycles. The van der Waals surface area contributed by atoms with E-state index in [0.29, 0.717) is 31.1 Å². The Kier molecular flexibility index (Phi) is 3.29. The molecule has 23 heavy (non-hydrogen) atoms. The van der Waals surface area contributed by atoms with Crippen LogP contribution in [0.5, 0.6) is 0 Å². The van der Waals surface area contributed by atoms with Crippen molar-refractivity contribution in [2.45, 2.75) is 13.0 Å². The fourth-order valence-corrected chi connectivity index (χ4v) is 2.73. The highest BCUT2D eigenvalue weighted by molar-refractivity contribution is 5.52. The summed E-state index contributed by atoms with van der Waals surface area (Å²) >= 11 is 0. The number of pyridine rings is 1. The van der Waals surface area contributed by atoms with Gasteiger partial charge in [0.2, 0.25) is 5.89 Å². The van der Waals surface area contributed by atoms with Crippen molar-refractivity contribution in [1.29, 1.82) is 0 Å². The highest BCUT2D eigenvalue weighted by atomic mass is 19.1. The minimum atomic E-state index is -0.457. The maximum absolute atomic E-state index is 13.9. The fourth-order valence-electron chi connectivity index (χ4n) is 2.73. The molecular weight excluding hydrogens is 300 g/mol. The molecule has 0 N–H and O–H groups in total. The van der Waals surface area contributed by atoms with Crippen molar-refractivity contribution in [3.05, 3.63) is 65.7 Å². The van der Waals surface area contributed by atoms with E-state index in [2.05, 4.69) is 9.97 Å². The molecule has 3 aromatic rings. The number of anilines is 1. The first-order valence-electron chi connectivity index (χ1n) is 7.31. The second-order valence-corrected chi connectivity index (χ2v) is 5.37. The zero-order chi connectivity index (χ0) is 15.8. The molecule has 0 spiro atoms. The Labute approximate surface area is 131 Å². The Morgan fingerprint density at radius 1 is 1.13 bits per heavy atom. The predicted octanol–water partition coefficient (Wildman–Crippen LogP) is 3.58. The van der Waals surface area contributed by atoms with E-state index < -0.39 is 11.6 Å². The van der Waals surface area contributed by atoms with Gasteiger partial charge in [-0.3, -0.25) is 4.98 Å². The summed E-state index contributed by atoms with van der Waals surface area (Å²) in [6.45, 7) is 0.927. The van der Waals surface area contributed by atoms with E-state index in [4.69, 9.17) is 4.42 Å². The summed E-state index contributed by atoms with van der Waals surface area (Å²) in [4.78, 5) is 10.4. The van der Waals surface area contributed by atoms with Crippen LogP contribution < -0.4 is 4.90 Å². The van der Waals surface area contributed by atoms with Crippen molar-refractivity contribution in [2.75, 3.05) is 11.4 Å². The Morgan fingerprint density at radius 3 is 2.87 bits per heavy atom. The summed E-state index contributed by atoms with van der Waals surface area (Å²) in [5, 5.41) is 0. The highest BCUT2D eigenvalue weighted by Crippen LogP contribution is 2.29. The first kappa shape index (κ1) is 13.9. The smallest absolute Gasteiger partial charge is 0.245 e. The van der Waals surface area contributed by atoms with Crippen molar-refractivity contribution in [2.24, 2.45) is 0 Å². The van der Waals surface area contributed by atoms with Gasteiger partial charge in [-0.25, -0.2) is 13.8 Å². The van der Waals surface area contributed by atoms with Gasteiger partial charge in [0.1, 0.15) is 28.8 Å². The molecule has 0 unspecified atom stereocenters. The summed E-state index contributed by atoms with van der Waals surface area (Å²) in [6, 6.07) is 8.97. The molecule has 1 aromatic carbocycles. The molecule has 1 aliphatic heterocycles.